The van der Waals surface area contributed by atoms with E-state index in [1.54, 1.807) is 18.6 Å². The van der Waals surface area contributed by atoms with E-state index in [2.05, 4.69) is 31.0 Å². The number of piperidine rings is 1. The average molecular weight is 280 g/mol. The number of aromatic nitrogens is 5. The van der Waals surface area contributed by atoms with Crippen molar-refractivity contribution in [3.05, 3.63) is 48.7 Å². The van der Waals surface area contributed by atoms with Crippen molar-refractivity contribution in [1.82, 2.24) is 24.6 Å². The molecule has 0 aliphatic carbocycles. The van der Waals surface area contributed by atoms with Crippen LogP contribution in [0.25, 0.3) is 5.65 Å². The highest BCUT2D eigenvalue weighted by atomic mass is 15.3. The quantitative estimate of drug-likeness (QED) is 0.717. The lowest BCUT2D eigenvalue weighted by Crippen LogP contribution is -2.34. The predicted octanol–water partition coefficient (Wildman–Crippen LogP) is 1.90. The standard InChI is InChI=1S/C15H16N6/c1-6-17-15(18-7-1)20-10-4-12(5-11-20)13-2-8-16-14-3-9-19-21(13)14/h1-3,6-9,12H,4-5,10-11H2. The zero-order chi connectivity index (χ0) is 14.1. The smallest absolute Gasteiger partial charge is 0.225 e. The summed E-state index contributed by atoms with van der Waals surface area (Å²) in [5.74, 6) is 1.34. The SMILES string of the molecule is c1cnc(N2CCC(c3ccnc4ccnn34)CC2)nc1. The van der Waals surface area contributed by atoms with Gasteiger partial charge in [0.2, 0.25) is 5.95 Å². The van der Waals surface area contributed by atoms with Crippen molar-refractivity contribution in [3.63, 3.8) is 0 Å². The van der Waals surface area contributed by atoms with Crippen molar-refractivity contribution in [3.8, 4) is 0 Å². The Labute approximate surface area is 122 Å². The summed E-state index contributed by atoms with van der Waals surface area (Å²) in [6, 6.07) is 5.87. The van der Waals surface area contributed by atoms with Gasteiger partial charge >= 0.3 is 0 Å². The first-order chi connectivity index (χ1) is 10.4. The fraction of sp³-hybridized carbons (Fsp3) is 0.333. The van der Waals surface area contributed by atoms with Crippen LogP contribution in [0.3, 0.4) is 0 Å². The number of anilines is 1. The molecular formula is C15H16N6. The van der Waals surface area contributed by atoms with Crippen LogP contribution < -0.4 is 4.90 Å². The van der Waals surface area contributed by atoms with E-state index in [0.29, 0.717) is 5.92 Å². The molecule has 0 atom stereocenters. The molecule has 21 heavy (non-hydrogen) atoms. The van der Waals surface area contributed by atoms with Gasteiger partial charge < -0.3 is 4.90 Å². The summed E-state index contributed by atoms with van der Waals surface area (Å²) in [6.07, 6.45) is 9.43. The number of hydrogen-bond donors (Lipinski definition) is 0. The van der Waals surface area contributed by atoms with E-state index in [9.17, 15) is 0 Å². The van der Waals surface area contributed by atoms with Gasteiger partial charge in [0.25, 0.3) is 0 Å². The Morgan fingerprint density at radius 2 is 1.71 bits per heavy atom. The Morgan fingerprint density at radius 3 is 2.52 bits per heavy atom. The summed E-state index contributed by atoms with van der Waals surface area (Å²) >= 11 is 0. The van der Waals surface area contributed by atoms with E-state index in [4.69, 9.17) is 0 Å². The Hall–Kier alpha value is -2.50. The van der Waals surface area contributed by atoms with Gasteiger partial charge in [0, 0.05) is 49.4 Å². The van der Waals surface area contributed by atoms with Gasteiger partial charge in [0.05, 0.1) is 6.20 Å². The first-order valence-corrected chi connectivity index (χ1v) is 7.22. The third-order valence-corrected chi connectivity index (χ3v) is 4.07. The molecular weight excluding hydrogens is 264 g/mol. The molecule has 3 aromatic heterocycles. The Morgan fingerprint density at radius 1 is 0.905 bits per heavy atom. The van der Waals surface area contributed by atoms with Crippen LogP contribution >= 0.6 is 0 Å². The van der Waals surface area contributed by atoms with Gasteiger partial charge in [0.1, 0.15) is 0 Å². The van der Waals surface area contributed by atoms with Crippen molar-refractivity contribution >= 4 is 11.6 Å². The highest BCUT2D eigenvalue weighted by molar-refractivity contribution is 5.38. The molecule has 6 nitrogen and oxygen atoms in total. The maximum atomic E-state index is 4.39. The molecule has 3 aromatic rings. The second-order valence-electron chi connectivity index (χ2n) is 5.28. The van der Waals surface area contributed by atoms with E-state index in [0.717, 1.165) is 37.5 Å². The van der Waals surface area contributed by atoms with Gasteiger partial charge in [0.15, 0.2) is 5.65 Å². The highest BCUT2D eigenvalue weighted by Crippen LogP contribution is 2.28. The topological polar surface area (TPSA) is 59.2 Å². The predicted molar refractivity (Wildman–Crippen MR) is 79.2 cm³/mol. The second kappa shape index (κ2) is 5.12. The summed E-state index contributed by atoms with van der Waals surface area (Å²) in [5.41, 5.74) is 2.17. The molecule has 6 heteroatoms. The molecule has 0 aromatic carbocycles. The summed E-state index contributed by atoms with van der Waals surface area (Å²) < 4.78 is 1.96. The molecule has 1 fully saturated rings. The van der Waals surface area contributed by atoms with Gasteiger partial charge in [-0.15, -0.1) is 0 Å². The summed E-state index contributed by atoms with van der Waals surface area (Å²) in [7, 11) is 0. The molecule has 0 unspecified atom stereocenters. The van der Waals surface area contributed by atoms with E-state index in [1.165, 1.54) is 5.69 Å². The van der Waals surface area contributed by atoms with E-state index >= 15 is 0 Å². The highest BCUT2D eigenvalue weighted by Gasteiger charge is 2.23. The summed E-state index contributed by atoms with van der Waals surface area (Å²) in [6.45, 7) is 1.94. The maximum absolute atomic E-state index is 4.39. The largest absolute Gasteiger partial charge is 0.341 e. The molecule has 0 spiro atoms. The van der Waals surface area contributed by atoms with E-state index < -0.39 is 0 Å². The van der Waals surface area contributed by atoms with Crippen molar-refractivity contribution < 1.29 is 0 Å². The molecule has 0 saturated carbocycles. The van der Waals surface area contributed by atoms with E-state index in [1.807, 2.05) is 22.8 Å². The van der Waals surface area contributed by atoms with Crippen LogP contribution in [0, 0.1) is 0 Å². The summed E-state index contributed by atoms with van der Waals surface area (Å²) in [5, 5.41) is 4.39. The van der Waals surface area contributed by atoms with E-state index in [-0.39, 0.29) is 0 Å². The molecule has 0 N–H and O–H groups in total. The lowest BCUT2D eigenvalue weighted by atomic mass is 9.93. The van der Waals surface area contributed by atoms with Crippen LogP contribution in [-0.2, 0) is 0 Å². The molecule has 0 bridgehead atoms. The van der Waals surface area contributed by atoms with Crippen LogP contribution in [-0.4, -0.2) is 37.7 Å². The van der Waals surface area contributed by atoms with Crippen LogP contribution in [0.1, 0.15) is 24.5 Å². The Kier molecular flexibility index (Phi) is 2.99. The van der Waals surface area contributed by atoms with Crippen molar-refractivity contribution in [2.24, 2.45) is 0 Å². The van der Waals surface area contributed by atoms with Gasteiger partial charge in [-0.3, -0.25) is 0 Å². The Balaban J connectivity index is 1.54. The van der Waals surface area contributed by atoms with Gasteiger partial charge in [-0.2, -0.15) is 5.10 Å². The first kappa shape index (κ1) is 12.3. The molecule has 0 amide bonds. The molecule has 0 radical (unpaired) electrons. The van der Waals surface area contributed by atoms with Gasteiger partial charge in [-0.05, 0) is 25.0 Å². The third kappa shape index (κ3) is 2.22. The first-order valence-electron chi connectivity index (χ1n) is 7.22. The minimum Gasteiger partial charge on any atom is -0.341 e. The molecule has 1 aliphatic rings. The van der Waals surface area contributed by atoms with Crippen LogP contribution in [0.5, 0.6) is 0 Å². The van der Waals surface area contributed by atoms with Crippen molar-refractivity contribution in [1.29, 1.82) is 0 Å². The monoisotopic (exact) mass is 280 g/mol. The van der Waals surface area contributed by atoms with Crippen molar-refractivity contribution in [2.75, 3.05) is 18.0 Å². The normalized spacial score (nSPS) is 16.5. The average Bonchev–Trinajstić information content (AvgIpc) is 3.04. The Bertz CT molecular complexity index is 730. The molecule has 106 valence electrons. The number of rotatable bonds is 2. The summed E-state index contributed by atoms with van der Waals surface area (Å²) in [4.78, 5) is 15.2. The second-order valence-corrected chi connectivity index (χ2v) is 5.28. The minimum atomic E-state index is 0.510. The lowest BCUT2D eigenvalue weighted by Gasteiger charge is -2.32. The zero-order valence-corrected chi connectivity index (χ0v) is 11.6. The molecule has 4 heterocycles. The van der Waals surface area contributed by atoms with Gasteiger partial charge in [-0.25, -0.2) is 19.5 Å². The van der Waals surface area contributed by atoms with Crippen LogP contribution in [0.2, 0.25) is 0 Å². The molecule has 4 rings (SSSR count). The molecule has 1 saturated heterocycles. The number of fused-ring (bicyclic) bond motifs is 1. The maximum Gasteiger partial charge on any atom is 0.225 e. The zero-order valence-electron chi connectivity index (χ0n) is 11.6. The fourth-order valence-corrected chi connectivity index (χ4v) is 2.99. The van der Waals surface area contributed by atoms with Crippen LogP contribution in [0.15, 0.2) is 43.0 Å². The van der Waals surface area contributed by atoms with Crippen molar-refractivity contribution in [2.45, 2.75) is 18.8 Å². The minimum absolute atomic E-state index is 0.510. The van der Waals surface area contributed by atoms with Gasteiger partial charge in [-0.1, -0.05) is 0 Å². The third-order valence-electron chi connectivity index (χ3n) is 4.07. The fourth-order valence-electron chi connectivity index (χ4n) is 2.99. The van der Waals surface area contributed by atoms with Crippen LogP contribution in [0.4, 0.5) is 5.95 Å². The molecule has 1 aliphatic heterocycles. The number of nitrogens with zero attached hydrogens (tertiary/aromatic N) is 6. The number of hydrogen-bond acceptors (Lipinski definition) is 5. The lowest BCUT2D eigenvalue weighted by molar-refractivity contribution is 0.482.